The van der Waals surface area contributed by atoms with Gasteiger partial charge in [-0.2, -0.15) is 0 Å². The summed E-state index contributed by atoms with van der Waals surface area (Å²) in [5.74, 6) is -0.364. The Morgan fingerprint density at radius 1 is 1.24 bits per heavy atom. The van der Waals surface area contributed by atoms with E-state index in [-0.39, 0.29) is 17.2 Å². The lowest BCUT2D eigenvalue weighted by atomic mass is 10.1. The maximum atomic E-state index is 12.2. The van der Waals surface area contributed by atoms with Crippen molar-refractivity contribution in [3.05, 3.63) is 63.7 Å². The zero-order valence-electron chi connectivity index (χ0n) is 11.6. The maximum Gasteiger partial charge on any atom is 0.283 e. The van der Waals surface area contributed by atoms with Crippen molar-refractivity contribution in [2.24, 2.45) is 0 Å². The average molecular weight is 302 g/mol. The summed E-state index contributed by atoms with van der Waals surface area (Å²) in [6, 6.07) is 11.9. The lowest BCUT2D eigenvalue weighted by Gasteiger charge is -2.07. The standard InChI is InChI=1S/C15H14N2O3S/c1-10-4-3-5-12(8-10)16-15(18)11-6-7-14(21-2)13(9-11)17(19)20/h3-9H,1-2H3,(H,16,18). The van der Waals surface area contributed by atoms with E-state index in [1.807, 2.05) is 25.1 Å². The molecule has 0 saturated heterocycles. The normalized spacial score (nSPS) is 10.2. The van der Waals surface area contributed by atoms with Crippen molar-refractivity contribution in [3.8, 4) is 0 Å². The second kappa shape index (κ2) is 6.41. The highest BCUT2D eigenvalue weighted by Crippen LogP contribution is 2.28. The molecule has 2 aromatic rings. The summed E-state index contributed by atoms with van der Waals surface area (Å²) >= 11 is 1.28. The molecule has 0 atom stereocenters. The zero-order chi connectivity index (χ0) is 15.4. The molecule has 108 valence electrons. The molecule has 0 heterocycles. The maximum absolute atomic E-state index is 12.2. The van der Waals surface area contributed by atoms with Crippen LogP contribution < -0.4 is 5.32 Å². The minimum Gasteiger partial charge on any atom is -0.322 e. The molecule has 1 amide bonds. The topological polar surface area (TPSA) is 72.2 Å². The lowest BCUT2D eigenvalue weighted by molar-refractivity contribution is -0.387. The Balaban J connectivity index is 2.27. The third-order valence-corrected chi connectivity index (χ3v) is 3.70. The number of hydrogen-bond donors (Lipinski definition) is 1. The monoisotopic (exact) mass is 302 g/mol. The molecule has 2 aromatic carbocycles. The Morgan fingerprint density at radius 3 is 2.62 bits per heavy atom. The van der Waals surface area contributed by atoms with Crippen LogP contribution in [0, 0.1) is 17.0 Å². The predicted molar refractivity (Wildman–Crippen MR) is 84.0 cm³/mol. The van der Waals surface area contributed by atoms with E-state index in [9.17, 15) is 14.9 Å². The van der Waals surface area contributed by atoms with Gasteiger partial charge in [0.05, 0.1) is 9.82 Å². The van der Waals surface area contributed by atoms with E-state index in [1.54, 1.807) is 24.5 Å². The Hall–Kier alpha value is -2.34. The van der Waals surface area contributed by atoms with Gasteiger partial charge in [-0.05, 0) is 43.0 Å². The van der Waals surface area contributed by atoms with Crippen LogP contribution in [0.25, 0.3) is 0 Å². The van der Waals surface area contributed by atoms with E-state index in [0.29, 0.717) is 10.6 Å². The molecular weight excluding hydrogens is 288 g/mol. The summed E-state index contributed by atoms with van der Waals surface area (Å²) in [7, 11) is 0. The fraction of sp³-hybridized carbons (Fsp3) is 0.133. The van der Waals surface area contributed by atoms with Crippen LogP contribution in [0.3, 0.4) is 0 Å². The average Bonchev–Trinajstić information content (AvgIpc) is 2.46. The number of benzene rings is 2. The number of nitrogens with one attached hydrogen (secondary N) is 1. The van der Waals surface area contributed by atoms with Crippen molar-refractivity contribution < 1.29 is 9.72 Å². The van der Waals surface area contributed by atoms with Crippen LogP contribution in [0.5, 0.6) is 0 Å². The molecule has 21 heavy (non-hydrogen) atoms. The second-order valence-electron chi connectivity index (χ2n) is 4.47. The SMILES string of the molecule is CSc1ccc(C(=O)Nc2cccc(C)c2)cc1[N+](=O)[O-]. The molecule has 1 N–H and O–H groups in total. The Bertz CT molecular complexity index is 701. The van der Waals surface area contributed by atoms with E-state index in [1.165, 1.54) is 17.8 Å². The number of anilines is 1. The summed E-state index contributed by atoms with van der Waals surface area (Å²) in [6.07, 6.45) is 1.76. The molecule has 0 saturated carbocycles. The second-order valence-corrected chi connectivity index (χ2v) is 5.32. The number of nitro groups is 1. The Labute approximate surface area is 126 Å². The summed E-state index contributed by atoms with van der Waals surface area (Å²) in [5, 5.41) is 13.8. The van der Waals surface area contributed by atoms with Gasteiger partial charge in [-0.3, -0.25) is 14.9 Å². The zero-order valence-corrected chi connectivity index (χ0v) is 12.4. The number of amides is 1. The Kier molecular flexibility index (Phi) is 4.59. The first-order valence-corrected chi connectivity index (χ1v) is 7.44. The van der Waals surface area contributed by atoms with Crippen LogP contribution >= 0.6 is 11.8 Å². The van der Waals surface area contributed by atoms with E-state index in [0.717, 1.165) is 5.56 Å². The van der Waals surface area contributed by atoms with Gasteiger partial charge in [0.15, 0.2) is 0 Å². The number of carbonyl (C=O) groups excluding carboxylic acids is 1. The third kappa shape index (κ3) is 3.61. The Morgan fingerprint density at radius 2 is 2.00 bits per heavy atom. The molecular formula is C15H14N2O3S. The summed E-state index contributed by atoms with van der Waals surface area (Å²) < 4.78 is 0. The highest BCUT2D eigenvalue weighted by molar-refractivity contribution is 7.98. The molecule has 0 aliphatic heterocycles. The number of thioether (sulfide) groups is 1. The van der Waals surface area contributed by atoms with Crippen molar-refractivity contribution in [1.82, 2.24) is 0 Å². The van der Waals surface area contributed by atoms with Gasteiger partial charge in [-0.1, -0.05) is 12.1 Å². The number of carbonyl (C=O) groups is 1. The molecule has 0 radical (unpaired) electrons. The molecule has 0 fully saturated rings. The van der Waals surface area contributed by atoms with E-state index in [2.05, 4.69) is 5.32 Å². The molecule has 6 heteroatoms. The van der Waals surface area contributed by atoms with Gasteiger partial charge in [-0.25, -0.2) is 0 Å². The minimum atomic E-state index is -0.477. The van der Waals surface area contributed by atoms with Crippen LogP contribution in [-0.2, 0) is 0 Å². The number of hydrogen-bond acceptors (Lipinski definition) is 4. The predicted octanol–water partition coefficient (Wildman–Crippen LogP) is 3.88. The highest BCUT2D eigenvalue weighted by atomic mass is 32.2. The highest BCUT2D eigenvalue weighted by Gasteiger charge is 2.17. The number of nitrogens with zero attached hydrogens (tertiary/aromatic N) is 1. The van der Waals surface area contributed by atoms with Crippen LogP contribution in [0.1, 0.15) is 15.9 Å². The van der Waals surface area contributed by atoms with Crippen molar-refractivity contribution >= 4 is 29.0 Å². The quantitative estimate of drug-likeness (QED) is 0.528. The van der Waals surface area contributed by atoms with Crippen LogP contribution in [0.2, 0.25) is 0 Å². The van der Waals surface area contributed by atoms with Crippen LogP contribution in [0.15, 0.2) is 47.4 Å². The summed E-state index contributed by atoms with van der Waals surface area (Å²) in [6.45, 7) is 1.92. The molecule has 0 aliphatic carbocycles. The first-order chi connectivity index (χ1) is 10.0. The third-order valence-electron chi connectivity index (χ3n) is 2.91. The summed E-state index contributed by atoms with van der Waals surface area (Å²) in [5.41, 5.74) is 1.90. The van der Waals surface area contributed by atoms with Gasteiger partial charge in [0.2, 0.25) is 0 Å². The molecule has 2 rings (SSSR count). The molecule has 5 nitrogen and oxygen atoms in total. The summed E-state index contributed by atoms with van der Waals surface area (Å²) in [4.78, 5) is 23.2. The van der Waals surface area contributed by atoms with E-state index < -0.39 is 4.92 Å². The van der Waals surface area contributed by atoms with Crippen LogP contribution in [0.4, 0.5) is 11.4 Å². The first kappa shape index (κ1) is 15.1. The van der Waals surface area contributed by atoms with Gasteiger partial charge in [0, 0.05) is 17.3 Å². The first-order valence-electron chi connectivity index (χ1n) is 6.21. The van der Waals surface area contributed by atoms with Crippen molar-refractivity contribution in [2.75, 3.05) is 11.6 Å². The largest absolute Gasteiger partial charge is 0.322 e. The van der Waals surface area contributed by atoms with Crippen molar-refractivity contribution in [3.63, 3.8) is 0 Å². The number of nitro benzene ring substituents is 1. The smallest absolute Gasteiger partial charge is 0.283 e. The van der Waals surface area contributed by atoms with E-state index in [4.69, 9.17) is 0 Å². The molecule has 0 spiro atoms. The fourth-order valence-corrected chi connectivity index (χ4v) is 2.45. The molecule has 0 aromatic heterocycles. The molecule has 0 unspecified atom stereocenters. The molecule has 0 bridgehead atoms. The van der Waals surface area contributed by atoms with E-state index >= 15 is 0 Å². The van der Waals surface area contributed by atoms with Gasteiger partial charge in [-0.15, -0.1) is 11.8 Å². The van der Waals surface area contributed by atoms with Gasteiger partial charge in [0.25, 0.3) is 11.6 Å². The van der Waals surface area contributed by atoms with Gasteiger partial charge in [0.1, 0.15) is 0 Å². The van der Waals surface area contributed by atoms with Crippen molar-refractivity contribution in [2.45, 2.75) is 11.8 Å². The molecule has 0 aliphatic rings. The fourth-order valence-electron chi connectivity index (χ4n) is 1.90. The van der Waals surface area contributed by atoms with Crippen LogP contribution in [-0.4, -0.2) is 17.1 Å². The van der Waals surface area contributed by atoms with Gasteiger partial charge >= 0.3 is 0 Å². The van der Waals surface area contributed by atoms with Crippen molar-refractivity contribution in [1.29, 1.82) is 0 Å². The van der Waals surface area contributed by atoms with Gasteiger partial charge < -0.3 is 5.32 Å². The minimum absolute atomic E-state index is 0.0561. The lowest BCUT2D eigenvalue weighted by Crippen LogP contribution is -2.12. The number of aryl methyl sites for hydroxylation is 1. The number of rotatable bonds is 4.